The van der Waals surface area contributed by atoms with Gasteiger partial charge in [0.05, 0.1) is 0 Å². The molecule has 0 aromatic heterocycles. The first kappa shape index (κ1) is 5.65. The molecule has 1 saturated heterocycles. The van der Waals surface area contributed by atoms with Gasteiger partial charge in [-0.25, -0.2) is 0 Å². The Morgan fingerprint density at radius 2 is 2.57 bits per heavy atom. The van der Waals surface area contributed by atoms with Crippen LogP contribution in [0.4, 0.5) is 0 Å². The summed E-state index contributed by atoms with van der Waals surface area (Å²) in [4.78, 5) is 0. The Balaban J connectivity index is 2.14. The van der Waals surface area contributed by atoms with Crippen LogP contribution in [0, 0.1) is 0 Å². The van der Waals surface area contributed by atoms with E-state index in [1.807, 2.05) is 0 Å². The quantitative estimate of drug-likeness (QED) is 0.515. The molecule has 0 spiro atoms. The first-order valence-electron chi connectivity index (χ1n) is 2.68. The van der Waals surface area contributed by atoms with Gasteiger partial charge in [0, 0.05) is 0 Å². The van der Waals surface area contributed by atoms with Crippen LogP contribution in [0.15, 0.2) is 0 Å². The van der Waals surface area contributed by atoms with Crippen molar-refractivity contribution in [3.8, 4) is 0 Å². The average Bonchev–Trinajstić information content (AvgIpc) is 2.14. The molecule has 1 aliphatic rings. The van der Waals surface area contributed by atoms with Crippen LogP contribution in [0.25, 0.3) is 0 Å². The summed E-state index contributed by atoms with van der Waals surface area (Å²) in [5.41, 5.74) is 2.35. The Labute approximate surface area is 51.1 Å². The zero-order valence-electron chi connectivity index (χ0n) is 4.61. The first-order valence-corrected chi connectivity index (χ1v) is 5.99. The summed E-state index contributed by atoms with van der Waals surface area (Å²) in [6.07, 6.45) is 1.34. The van der Waals surface area contributed by atoms with Crippen molar-refractivity contribution in [3.63, 3.8) is 0 Å². The van der Waals surface area contributed by atoms with E-state index < -0.39 is 0 Å². The molecule has 2 atom stereocenters. The van der Waals surface area contributed by atoms with Crippen LogP contribution in [-0.4, -0.2) is 29.0 Å². The fourth-order valence-corrected chi connectivity index (χ4v) is 2.21. The third kappa shape index (κ3) is 1.47. The van der Waals surface area contributed by atoms with Crippen LogP contribution in [0.5, 0.6) is 0 Å². The van der Waals surface area contributed by atoms with Gasteiger partial charge in [-0.3, -0.25) is 0 Å². The molecule has 0 amide bonds. The van der Waals surface area contributed by atoms with Gasteiger partial charge in [0.2, 0.25) is 0 Å². The third-order valence-electron chi connectivity index (χ3n) is 1.34. The van der Waals surface area contributed by atoms with Gasteiger partial charge >= 0.3 is 50.5 Å². The molecular formula is C5H11AsO. The van der Waals surface area contributed by atoms with Gasteiger partial charge in [-0.05, 0) is 0 Å². The van der Waals surface area contributed by atoms with E-state index in [2.05, 4.69) is 5.71 Å². The standard InChI is InChI=1S/C5H11AsO/c1-6-5-2-3-7-4-5/h5-6H,2-4H2,1H3. The predicted octanol–water partition coefficient (Wildman–Crippen LogP) is 0.680. The van der Waals surface area contributed by atoms with Crippen LogP contribution in [0.3, 0.4) is 0 Å². The molecule has 0 aliphatic carbocycles. The molecule has 0 aromatic rings. The zero-order valence-corrected chi connectivity index (χ0v) is 6.70. The predicted molar refractivity (Wildman–Crippen MR) is 32.2 cm³/mol. The van der Waals surface area contributed by atoms with E-state index in [1.54, 1.807) is 0 Å². The summed E-state index contributed by atoms with van der Waals surface area (Å²) in [6.45, 7) is 2.10. The average molecular weight is 162 g/mol. The van der Waals surface area contributed by atoms with Crippen molar-refractivity contribution in [1.29, 1.82) is 0 Å². The number of ether oxygens (including phenoxy) is 1. The summed E-state index contributed by atoms with van der Waals surface area (Å²) in [5.74, 6) is 0. The van der Waals surface area contributed by atoms with Crippen molar-refractivity contribution >= 4 is 15.8 Å². The Hall–Kier alpha value is 0.518. The second-order valence-electron chi connectivity index (χ2n) is 1.85. The van der Waals surface area contributed by atoms with Gasteiger partial charge in [0.25, 0.3) is 0 Å². The molecule has 2 unspecified atom stereocenters. The van der Waals surface area contributed by atoms with Crippen molar-refractivity contribution in [2.75, 3.05) is 13.2 Å². The number of hydrogen-bond donors (Lipinski definition) is 0. The van der Waals surface area contributed by atoms with E-state index in [0.717, 1.165) is 17.9 Å². The molecule has 2 heteroatoms. The van der Waals surface area contributed by atoms with Crippen LogP contribution in [-0.2, 0) is 4.74 Å². The molecule has 42 valence electrons. The topological polar surface area (TPSA) is 9.23 Å². The molecule has 1 aliphatic heterocycles. The van der Waals surface area contributed by atoms with Gasteiger partial charge in [-0.1, -0.05) is 0 Å². The number of rotatable bonds is 1. The zero-order chi connectivity index (χ0) is 5.11. The van der Waals surface area contributed by atoms with Crippen LogP contribution >= 0.6 is 0 Å². The summed E-state index contributed by atoms with van der Waals surface area (Å²) < 4.78 is 6.18. The third-order valence-corrected chi connectivity index (χ3v) is 4.01. The van der Waals surface area contributed by atoms with E-state index in [0.29, 0.717) is 15.8 Å². The second kappa shape index (κ2) is 2.74. The molecular weight excluding hydrogens is 151 g/mol. The Bertz CT molecular complexity index is 50.0. The first-order chi connectivity index (χ1) is 3.43. The van der Waals surface area contributed by atoms with Crippen molar-refractivity contribution in [2.45, 2.75) is 16.8 Å². The molecule has 1 heterocycles. The fourth-order valence-electron chi connectivity index (χ4n) is 0.762. The molecule has 0 aromatic carbocycles. The minimum absolute atomic E-state index is 0.368. The van der Waals surface area contributed by atoms with Crippen LogP contribution in [0.1, 0.15) is 6.42 Å². The maximum atomic E-state index is 5.18. The Morgan fingerprint density at radius 3 is 2.86 bits per heavy atom. The SMILES string of the molecule is C[AsH]C1CCOC1. The van der Waals surface area contributed by atoms with E-state index in [9.17, 15) is 0 Å². The summed E-state index contributed by atoms with van der Waals surface area (Å²) in [7, 11) is 0. The van der Waals surface area contributed by atoms with Gasteiger partial charge in [0.15, 0.2) is 0 Å². The maximum absolute atomic E-state index is 5.18. The second-order valence-corrected chi connectivity index (χ2v) is 4.77. The Kier molecular flexibility index (Phi) is 2.21. The normalized spacial score (nSPS) is 33.0. The van der Waals surface area contributed by atoms with Crippen molar-refractivity contribution < 1.29 is 4.74 Å². The summed E-state index contributed by atoms with van der Waals surface area (Å²) >= 11 is 0.368. The molecule has 0 N–H and O–H groups in total. The molecule has 0 radical (unpaired) electrons. The molecule has 7 heavy (non-hydrogen) atoms. The Morgan fingerprint density at radius 1 is 1.71 bits per heavy atom. The molecule has 0 saturated carbocycles. The van der Waals surface area contributed by atoms with Gasteiger partial charge in [0.1, 0.15) is 0 Å². The molecule has 1 rings (SSSR count). The molecule has 1 nitrogen and oxygen atoms in total. The van der Waals surface area contributed by atoms with Crippen LogP contribution < -0.4 is 0 Å². The fraction of sp³-hybridized carbons (Fsp3) is 1.00. The minimum atomic E-state index is 0.368. The van der Waals surface area contributed by atoms with Crippen LogP contribution in [0.2, 0.25) is 10.4 Å². The van der Waals surface area contributed by atoms with Gasteiger partial charge in [-0.2, -0.15) is 0 Å². The van der Waals surface area contributed by atoms with Gasteiger partial charge < -0.3 is 0 Å². The van der Waals surface area contributed by atoms with E-state index >= 15 is 0 Å². The summed E-state index contributed by atoms with van der Waals surface area (Å²) in [6, 6.07) is 0. The van der Waals surface area contributed by atoms with E-state index in [-0.39, 0.29) is 0 Å². The number of hydrogen-bond acceptors (Lipinski definition) is 1. The monoisotopic (exact) mass is 162 g/mol. The van der Waals surface area contributed by atoms with Crippen molar-refractivity contribution in [1.82, 2.24) is 0 Å². The van der Waals surface area contributed by atoms with Crippen molar-refractivity contribution in [3.05, 3.63) is 0 Å². The molecule has 1 fully saturated rings. The van der Waals surface area contributed by atoms with E-state index in [1.165, 1.54) is 6.42 Å². The summed E-state index contributed by atoms with van der Waals surface area (Å²) in [5, 5.41) is 0. The van der Waals surface area contributed by atoms with Gasteiger partial charge in [-0.15, -0.1) is 0 Å². The van der Waals surface area contributed by atoms with Crippen molar-refractivity contribution in [2.24, 2.45) is 0 Å². The van der Waals surface area contributed by atoms with E-state index in [4.69, 9.17) is 4.74 Å². The molecule has 0 bridgehead atoms.